The third-order valence-corrected chi connectivity index (χ3v) is 2.84. The zero-order valence-corrected chi connectivity index (χ0v) is 10.4. The SMILES string of the molecule is COc1ccc(CC(N)c2cccc(F)c2F)cn1. The number of aromatic nitrogens is 1. The Labute approximate surface area is 110 Å². The van der Waals surface area contributed by atoms with Crippen molar-refractivity contribution >= 4 is 0 Å². The minimum atomic E-state index is -0.892. The van der Waals surface area contributed by atoms with Crippen LogP contribution in [0.3, 0.4) is 0 Å². The molecule has 0 fully saturated rings. The first-order valence-corrected chi connectivity index (χ1v) is 5.80. The highest BCUT2D eigenvalue weighted by molar-refractivity contribution is 5.25. The Morgan fingerprint density at radius 3 is 2.68 bits per heavy atom. The monoisotopic (exact) mass is 264 g/mol. The number of pyridine rings is 1. The van der Waals surface area contributed by atoms with Crippen LogP contribution in [-0.2, 0) is 6.42 Å². The highest BCUT2D eigenvalue weighted by Crippen LogP contribution is 2.21. The van der Waals surface area contributed by atoms with Gasteiger partial charge in [-0.05, 0) is 18.1 Å². The molecule has 100 valence electrons. The standard InChI is InChI=1S/C14H14F2N2O/c1-19-13-6-5-9(8-18-13)7-12(17)10-3-2-4-11(15)14(10)16/h2-6,8,12H,7,17H2,1H3. The molecule has 0 saturated heterocycles. The second-order valence-electron chi connectivity index (χ2n) is 4.16. The summed E-state index contributed by atoms with van der Waals surface area (Å²) in [6.07, 6.45) is 1.98. The first kappa shape index (κ1) is 13.4. The zero-order chi connectivity index (χ0) is 13.8. The first-order valence-electron chi connectivity index (χ1n) is 5.80. The van der Waals surface area contributed by atoms with Gasteiger partial charge in [-0.3, -0.25) is 0 Å². The lowest BCUT2D eigenvalue weighted by Gasteiger charge is -2.13. The van der Waals surface area contributed by atoms with Crippen LogP contribution in [0.2, 0.25) is 0 Å². The van der Waals surface area contributed by atoms with Gasteiger partial charge in [-0.2, -0.15) is 0 Å². The summed E-state index contributed by atoms with van der Waals surface area (Å²) in [5, 5.41) is 0. The second kappa shape index (κ2) is 5.75. The minimum Gasteiger partial charge on any atom is -0.481 e. The molecule has 19 heavy (non-hydrogen) atoms. The molecule has 0 radical (unpaired) electrons. The third kappa shape index (κ3) is 3.06. The van der Waals surface area contributed by atoms with Gasteiger partial charge in [-0.25, -0.2) is 13.8 Å². The Balaban J connectivity index is 2.15. The Morgan fingerprint density at radius 1 is 1.26 bits per heavy atom. The first-order chi connectivity index (χ1) is 9.11. The molecule has 0 saturated carbocycles. The van der Waals surface area contributed by atoms with Crippen LogP contribution in [0.15, 0.2) is 36.5 Å². The highest BCUT2D eigenvalue weighted by Gasteiger charge is 2.15. The normalized spacial score (nSPS) is 12.2. The molecule has 0 aliphatic rings. The van der Waals surface area contributed by atoms with Gasteiger partial charge in [-0.1, -0.05) is 18.2 Å². The van der Waals surface area contributed by atoms with E-state index < -0.39 is 17.7 Å². The minimum absolute atomic E-state index is 0.163. The zero-order valence-electron chi connectivity index (χ0n) is 10.4. The van der Waals surface area contributed by atoms with Crippen LogP contribution in [-0.4, -0.2) is 12.1 Å². The fourth-order valence-corrected chi connectivity index (χ4v) is 1.82. The van der Waals surface area contributed by atoms with E-state index in [9.17, 15) is 8.78 Å². The van der Waals surface area contributed by atoms with Crippen molar-refractivity contribution in [1.29, 1.82) is 0 Å². The largest absolute Gasteiger partial charge is 0.481 e. The molecule has 0 amide bonds. The smallest absolute Gasteiger partial charge is 0.212 e. The van der Waals surface area contributed by atoms with E-state index in [-0.39, 0.29) is 5.56 Å². The summed E-state index contributed by atoms with van der Waals surface area (Å²) in [6, 6.07) is 6.87. The number of rotatable bonds is 4. The molecular weight excluding hydrogens is 250 g/mol. The summed E-state index contributed by atoms with van der Waals surface area (Å²) in [5.74, 6) is -1.29. The van der Waals surface area contributed by atoms with Gasteiger partial charge in [0.15, 0.2) is 11.6 Å². The van der Waals surface area contributed by atoms with Gasteiger partial charge in [0.25, 0.3) is 0 Å². The summed E-state index contributed by atoms with van der Waals surface area (Å²) in [5.41, 5.74) is 6.89. The van der Waals surface area contributed by atoms with Gasteiger partial charge < -0.3 is 10.5 Å². The van der Waals surface area contributed by atoms with Crippen LogP contribution in [0.4, 0.5) is 8.78 Å². The molecule has 5 heteroatoms. The summed E-state index contributed by atoms with van der Waals surface area (Å²) >= 11 is 0. The Hall–Kier alpha value is -2.01. The van der Waals surface area contributed by atoms with E-state index in [1.54, 1.807) is 18.3 Å². The van der Waals surface area contributed by atoms with Crippen LogP contribution >= 0.6 is 0 Å². The predicted molar refractivity (Wildman–Crippen MR) is 67.8 cm³/mol. The number of ether oxygens (including phenoxy) is 1. The maximum absolute atomic E-state index is 13.6. The average molecular weight is 264 g/mol. The highest BCUT2D eigenvalue weighted by atomic mass is 19.2. The summed E-state index contributed by atoms with van der Waals surface area (Å²) < 4.78 is 31.6. The van der Waals surface area contributed by atoms with Crippen molar-refractivity contribution in [2.75, 3.05) is 7.11 Å². The Morgan fingerprint density at radius 2 is 2.05 bits per heavy atom. The lowest BCUT2D eigenvalue weighted by Crippen LogP contribution is -2.15. The Kier molecular flexibility index (Phi) is 4.06. The topological polar surface area (TPSA) is 48.1 Å². The Bertz CT molecular complexity index is 558. The molecular formula is C14H14F2N2O. The van der Waals surface area contributed by atoms with Crippen molar-refractivity contribution in [3.05, 3.63) is 59.3 Å². The molecule has 0 aliphatic heterocycles. The van der Waals surface area contributed by atoms with Crippen LogP contribution in [0, 0.1) is 11.6 Å². The van der Waals surface area contributed by atoms with Gasteiger partial charge in [-0.15, -0.1) is 0 Å². The number of nitrogens with two attached hydrogens (primary N) is 1. The van der Waals surface area contributed by atoms with E-state index in [1.807, 2.05) is 0 Å². The van der Waals surface area contributed by atoms with E-state index in [1.165, 1.54) is 19.2 Å². The van der Waals surface area contributed by atoms with Crippen LogP contribution in [0.5, 0.6) is 5.88 Å². The van der Waals surface area contributed by atoms with Crippen LogP contribution in [0.1, 0.15) is 17.2 Å². The molecule has 0 aliphatic carbocycles. The maximum atomic E-state index is 13.6. The summed E-state index contributed by atoms with van der Waals surface area (Å²) in [6.45, 7) is 0. The quantitative estimate of drug-likeness (QED) is 0.923. The van der Waals surface area contributed by atoms with Gasteiger partial charge in [0.05, 0.1) is 7.11 Å². The number of benzene rings is 1. The van der Waals surface area contributed by atoms with Crippen molar-refractivity contribution in [2.45, 2.75) is 12.5 Å². The fraction of sp³-hybridized carbons (Fsp3) is 0.214. The molecule has 1 unspecified atom stereocenters. The maximum Gasteiger partial charge on any atom is 0.212 e. The molecule has 1 heterocycles. The van der Waals surface area contributed by atoms with E-state index in [4.69, 9.17) is 10.5 Å². The second-order valence-corrected chi connectivity index (χ2v) is 4.16. The molecule has 3 nitrogen and oxygen atoms in total. The molecule has 1 aromatic heterocycles. The van der Waals surface area contributed by atoms with E-state index in [2.05, 4.69) is 4.98 Å². The molecule has 2 rings (SSSR count). The fourth-order valence-electron chi connectivity index (χ4n) is 1.82. The van der Waals surface area contributed by atoms with Crippen molar-refractivity contribution in [3.63, 3.8) is 0 Å². The summed E-state index contributed by atoms with van der Waals surface area (Å²) in [7, 11) is 1.52. The van der Waals surface area contributed by atoms with Gasteiger partial charge in [0.2, 0.25) is 5.88 Å². The average Bonchev–Trinajstić information content (AvgIpc) is 2.42. The lowest BCUT2D eigenvalue weighted by molar-refractivity contribution is 0.397. The summed E-state index contributed by atoms with van der Waals surface area (Å²) in [4.78, 5) is 4.04. The van der Waals surface area contributed by atoms with E-state index in [0.717, 1.165) is 11.6 Å². The molecule has 1 atom stereocenters. The molecule has 0 spiro atoms. The van der Waals surface area contributed by atoms with E-state index >= 15 is 0 Å². The van der Waals surface area contributed by atoms with E-state index in [0.29, 0.717) is 12.3 Å². The number of hydrogen-bond donors (Lipinski definition) is 1. The number of nitrogens with zero attached hydrogens (tertiary/aromatic N) is 1. The van der Waals surface area contributed by atoms with Gasteiger partial charge >= 0.3 is 0 Å². The molecule has 0 bridgehead atoms. The molecule has 2 aromatic rings. The van der Waals surface area contributed by atoms with Crippen molar-refractivity contribution in [1.82, 2.24) is 4.98 Å². The van der Waals surface area contributed by atoms with Gasteiger partial charge in [0.1, 0.15) is 0 Å². The molecule has 2 N–H and O–H groups in total. The number of methoxy groups -OCH3 is 1. The van der Waals surface area contributed by atoms with Crippen LogP contribution < -0.4 is 10.5 Å². The van der Waals surface area contributed by atoms with Crippen molar-refractivity contribution in [2.24, 2.45) is 5.73 Å². The van der Waals surface area contributed by atoms with Crippen LogP contribution in [0.25, 0.3) is 0 Å². The molecule has 1 aromatic carbocycles. The van der Waals surface area contributed by atoms with Gasteiger partial charge in [0, 0.05) is 23.9 Å². The predicted octanol–water partition coefficient (Wildman–Crippen LogP) is 2.61. The number of hydrogen-bond acceptors (Lipinski definition) is 3. The van der Waals surface area contributed by atoms with Crippen molar-refractivity contribution in [3.8, 4) is 5.88 Å². The number of halogens is 2. The van der Waals surface area contributed by atoms with Crippen molar-refractivity contribution < 1.29 is 13.5 Å². The third-order valence-electron chi connectivity index (χ3n) is 2.84. The lowest BCUT2D eigenvalue weighted by atomic mass is 10.00.